The molecule has 0 aliphatic carbocycles. The molecule has 0 fully saturated rings. The summed E-state index contributed by atoms with van der Waals surface area (Å²) in [7, 11) is -2.90. The highest BCUT2D eigenvalue weighted by molar-refractivity contribution is 6.75. The summed E-state index contributed by atoms with van der Waals surface area (Å²) in [5.41, 5.74) is 1.72. The first-order chi connectivity index (χ1) is 11.2. The fourth-order valence-corrected chi connectivity index (χ4v) is 5.35. The van der Waals surface area contributed by atoms with Gasteiger partial charge in [0.25, 0.3) is 0 Å². The first-order valence-electron chi connectivity index (χ1n) is 8.07. The minimum absolute atomic E-state index is 0.546. The molecule has 0 bridgehead atoms. The molecule has 4 nitrogen and oxygen atoms in total. The number of rotatable bonds is 7. The lowest BCUT2D eigenvalue weighted by Crippen LogP contribution is -2.56. The van der Waals surface area contributed by atoms with Gasteiger partial charge in [-0.1, -0.05) is 30.3 Å². The Morgan fingerprint density at radius 2 is 1.39 bits per heavy atom. The summed E-state index contributed by atoms with van der Waals surface area (Å²) in [5.74, 6) is 0. The van der Waals surface area contributed by atoms with Crippen molar-refractivity contribution in [1.82, 2.24) is 0 Å². The van der Waals surface area contributed by atoms with E-state index in [1.54, 1.807) is 0 Å². The molecular weight excluding hydrogens is 308 g/mol. The molecule has 1 heterocycles. The summed E-state index contributed by atoms with van der Waals surface area (Å²) in [6.07, 6.45) is 0. The van der Waals surface area contributed by atoms with Gasteiger partial charge in [0.15, 0.2) is 0 Å². The minimum Gasteiger partial charge on any atom is -0.456 e. The normalized spacial score (nSPS) is 12.3. The lowest BCUT2D eigenvalue weighted by atomic mass is 10.1. The Morgan fingerprint density at radius 3 is 2.04 bits per heavy atom. The molecule has 0 aliphatic rings. The molecule has 2 aromatic carbocycles. The Morgan fingerprint density at radius 1 is 0.783 bits per heavy atom. The summed E-state index contributed by atoms with van der Waals surface area (Å²) >= 11 is 0. The van der Waals surface area contributed by atoms with E-state index in [1.165, 1.54) is 0 Å². The van der Waals surface area contributed by atoms with Gasteiger partial charge in [0.2, 0.25) is 0 Å². The molecule has 1 aromatic heterocycles. The predicted octanol–water partition coefficient (Wildman–Crippen LogP) is 3.84. The molecule has 3 rings (SSSR count). The molecule has 0 N–H and O–H groups in total. The largest absolute Gasteiger partial charge is 0.537 e. The van der Waals surface area contributed by atoms with Crippen LogP contribution in [0.15, 0.2) is 46.9 Å². The van der Waals surface area contributed by atoms with E-state index in [1.807, 2.05) is 51.1 Å². The van der Waals surface area contributed by atoms with E-state index in [2.05, 4.69) is 12.1 Å². The van der Waals surface area contributed by atoms with Gasteiger partial charge in [-0.2, -0.15) is 0 Å². The van der Waals surface area contributed by atoms with Crippen LogP contribution in [0.1, 0.15) is 20.8 Å². The second-order valence-electron chi connectivity index (χ2n) is 5.16. The zero-order valence-corrected chi connectivity index (χ0v) is 14.8. The van der Waals surface area contributed by atoms with Crippen LogP contribution in [0.25, 0.3) is 21.9 Å². The number of hydrogen-bond donors (Lipinski definition) is 0. The van der Waals surface area contributed by atoms with Crippen molar-refractivity contribution < 1.29 is 17.7 Å². The van der Waals surface area contributed by atoms with Crippen LogP contribution in [0.4, 0.5) is 0 Å². The average molecular weight is 330 g/mol. The smallest absolute Gasteiger partial charge is 0.456 e. The first-order valence-corrected chi connectivity index (χ1v) is 9.80. The maximum absolute atomic E-state index is 5.98. The Bertz CT molecular complexity index is 779. The molecule has 0 unspecified atom stereocenters. The van der Waals surface area contributed by atoms with E-state index in [4.69, 9.17) is 17.7 Å². The number of furan rings is 1. The molecule has 0 radical (unpaired) electrons. The van der Waals surface area contributed by atoms with Crippen LogP contribution in [0, 0.1) is 0 Å². The zero-order valence-electron chi connectivity index (χ0n) is 13.8. The molecule has 3 aromatic rings. The second-order valence-corrected chi connectivity index (χ2v) is 7.72. The van der Waals surface area contributed by atoms with Crippen molar-refractivity contribution in [2.24, 2.45) is 0 Å². The van der Waals surface area contributed by atoms with Crippen LogP contribution >= 0.6 is 0 Å². The Balaban J connectivity index is 2.14. The summed E-state index contributed by atoms with van der Waals surface area (Å²) in [4.78, 5) is 0. The SMILES string of the molecule is CCO[Si](OCC)(OCC)c1ccc2c(c1)oc1ccccc12. The first kappa shape index (κ1) is 16.2. The van der Waals surface area contributed by atoms with Gasteiger partial charge in [0, 0.05) is 35.8 Å². The molecule has 0 saturated carbocycles. The van der Waals surface area contributed by atoms with E-state index in [0.717, 1.165) is 27.1 Å². The average Bonchev–Trinajstić information content (AvgIpc) is 2.93. The van der Waals surface area contributed by atoms with E-state index in [9.17, 15) is 0 Å². The van der Waals surface area contributed by atoms with Gasteiger partial charge in [-0.25, -0.2) is 0 Å². The molecule has 0 amide bonds. The highest BCUT2D eigenvalue weighted by atomic mass is 28.4. The predicted molar refractivity (Wildman–Crippen MR) is 94.0 cm³/mol. The lowest BCUT2D eigenvalue weighted by Gasteiger charge is -2.28. The van der Waals surface area contributed by atoms with Gasteiger partial charge in [-0.15, -0.1) is 0 Å². The molecule has 0 atom stereocenters. The van der Waals surface area contributed by atoms with Crippen LogP contribution in [0.2, 0.25) is 0 Å². The Hall–Kier alpha value is -1.66. The maximum atomic E-state index is 5.98. The molecule has 0 saturated heterocycles. The van der Waals surface area contributed by atoms with Crippen LogP contribution < -0.4 is 5.19 Å². The third kappa shape index (κ3) is 2.93. The van der Waals surface area contributed by atoms with Crippen LogP contribution in [0.3, 0.4) is 0 Å². The van der Waals surface area contributed by atoms with E-state index >= 15 is 0 Å². The lowest BCUT2D eigenvalue weighted by molar-refractivity contribution is 0.0859. The fourth-order valence-electron chi connectivity index (χ4n) is 2.86. The van der Waals surface area contributed by atoms with E-state index in [0.29, 0.717) is 19.8 Å². The van der Waals surface area contributed by atoms with E-state index in [-0.39, 0.29) is 0 Å². The van der Waals surface area contributed by atoms with Crippen LogP contribution in [0.5, 0.6) is 0 Å². The Kier molecular flexibility index (Phi) is 4.82. The number of hydrogen-bond acceptors (Lipinski definition) is 4. The van der Waals surface area contributed by atoms with Gasteiger partial charge < -0.3 is 17.7 Å². The Labute approximate surface area is 137 Å². The summed E-state index contributed by atoms with van der Waals surface area (Å²) < 4.78 is 23.9. The number of fused-ring (bicyclic) bond motifs is 3. The summed E-state index contributed by atoms with van der Waals surface area (Å²) in [6.45, 7) is 7.51. The van der Waals surface area contributed by atoms with E-state index < -0.39 is 8.80 Å². The molecule has 122 valence electrons. The van der Waals surface area contributed by atoms with Gasteiger partial charge >= 0.3 is 8.80 Å². The highest BCUT2D eigenvalue weighted by Gasteiger charge is 2.43. The van der Waals surface area contributed by atoms with Gasteiger partial charge in [0.05, 0.1) is 0 Å². The summed E-state index contributed by atoms with van der Waals surface area (Å²) in [5, 5.41) is 3.15. The monoisotopic (exact) mass is 330 g/mol. The molecule has 0 aliphatic heterocycles. The minimum atomic E-state index is -2.90. The van der Waals surface area contributed by atoms with Crippen molar-refractivity contribution in [3.05, 3.63) is 42.5 Å². The van der Waals surface area contributed by atoms with Crippen LogP contribution in [-0.2, 0) is 13.3 Å². The summed E-state index contributed by atoms with van der Waals surface area (Å²) in [6, 6.07) is 14.2. The van der Waals surface area contributed by atoms with Crippen molar-refractivity contribution in [3.63, 3.8) is 0 Å². The standard InChI is InChI=1S/C18H22O4Si/c1-4-19-23(20-5-2,21-6-3)14-11-12-16-15-9-7-8-10-17(15)22-18(16)13-14/h7-13H,4-6H2,1-3H3. The molecule has 5 heteroatoms. The topological polar surface area (TPSA) is 40.8 Å². The van der Waals surface area contributed by atoms with Crippen molar-refractivity contribution >= 4 is 35.9 Å². The van der Waals surface area contributed by atoms with Crippen molar-refractivity contribution in [2.75, 3.05) is 19.8 Å². The second kappa shape index (κ2) is 6.84. The molecular formula is C18H22O4Si. The third-order valence-corrected chi connectivity index (χ3v) is 6.76. The highest BCUT2D eigenvalue weighted by Crippen LogP contribution is 2.28. The van der Waals surface area contributed by atoms with Crippen LogP contribution in [-0.4, -0.2) is 28.6 Å². The number of benzene rings is 2. The van der Waals surface area contributed by atoms with Gasteiger partial charge in [0.1, 0.15) is 11.2 Å². The van der Waals surface area contributed by atoms with Crippen molar-refractivity contribution in [2.45, 2.75) is 20.8 Å². The van der Waals surface area contributed by atoms with Gasteiger partial charge in [-0.05, 0) is 32.9 Å². The molecule has 23 heavy (non-hydrogen) atoms. The number of para-hydroxylation sites is 1. The third-order valence-electron chi connectivity index (χ3n) is 3.74. The molecule has 0 spiro atoms. The van der Waals surface area contributed by atoms with Crippen molar-refractivity contribution in [1.29, 1.82) is 0 Å². The fraction of sp³-hybridized carbons (Fsp3) is 0.333. The quantitative estimate of drug-likeness (QED) is 0.617. The zero-order chi connectivity index (χ0) is 16.3. The van der Waals surface area contributed by atoms with Crippen molar-refractivity contribution in [3.8, 4) is 0 Å². The maximum Gasteiger partial charge on any atom is 0.537 e. The van der Waals surface area contributed by atoms with Gasteiger partial charge in [-0.3, -0.25) is 0 Å².